The van der Waals surface area contributed by atoms with Crippen molar-refractivity contribution in [3.05, 3.63) is 42.3 Å². The number of aromatic nitrogens is 4. The second-order valence-electron chi connectivity index (χ2n) is 5.92. The van der Waals surface area contributed by atoms with E-state index in [1.807, 2.05) is 12.3 Å². The minimum Gasteiger partial charge on any atom is -0.338 e. The summed E-state index contributed by atoms with van der Waals surface area (Å²) >= 11 is 1.68. The van der Waals surface area contributed by atoms with Crippen LogP contribution in [0.1, 0.15) is 6.92 Å². The molecule has 0 unspecified atom stereocenters. The van der Waals surface area contributed by atoms with Crippen LogP contribution in [0.2, 0.25) is 0 Å². The molecule has 1 aliphatic heterocycles. The van der Waals surface area contributed by atoms with Crippen LogP contribution in [-0.4, -0.2) is 57.6 Å². The van der Waals surface area contributed by atoms with Crippen molar-refractivity contribution < 1.29 is 0 Å². The maximum Gasteiger partial charge on any atom is 0.226 e. The van der Waals surface area contributed by atoms with Gasteiger partial charge in [-0.05, 0) is 18.0 Å². The fourth-order valence-electron chi connectivity index (χ4n) is 3.02. The van der Waals surface area contributed by atoms with Crippen LogP contribution in [-0.2, 0) is 0 Å². The Hall–Kier alpha value is -2.38. The first-order valence-corrected chi connectivity index (χ1v) is 9.37. The van der Waals surface area contributed by atoms with Crippen molar-refractivity contribution >= 4 is 17.3 Å². The van der Waals surface area contributed by atoms with Gasteiger partial charge >= 0.3 is 0 Å². The van der Waals surface area contributed by atoms with Crippen LogP contribution < -0.4 is 4.90 Å². The molecular weight excluding hydrogens is 332 g/mol. The Kier molecular flexibility index (Phi) is 4.67. The van der Waals surface area contributed by atoms with E-state index in [9.17, 15) is 0 Å². The first kappa shape index (κ1) is 16.1. The molecule has 128 valence electrons. The smallest absolute Gasteiger partial charge is 0.226 e. The SMILES string of the molecule is CCN1CCN(c2ncc(-c3cnccn3)c(-c3cccs3)n2)CC1. The van der Waals surface area contributed by atoms with E-state index < -0.39 is 0 Å². The van der Waals surface area contributed by atoms with Crippen molar-refractivity contribution in [3.8, 4) is 21.8 Å². The van der Waals surface area contributed by atoms with Crippen molar-refractivity contribution in [2.75, 3.05) is 37.6 Å². The lowest BCUT2D eigenvalue weighted by Gasteiger charge is -2.34. The zero-order chi connectivity index (χ0) is 17.1. The van der Waals surface area contributed by atoms with Gasteiger partial charge in [0.25, 0.3) is 0 Å². The predicted octanol–water partition coefficient (Wildman–Crippen LogP) is 2.80. The van der Waals surface area contributed by atoms with Gasteiger partial charge in [-0.1, -0.05) is 13.0 Å². The first-order chi connectivity index (χ1) is 12.3. The lowest BCUT2D eigenvalue weighted by atomic mass is 10.1. The van der Waals surface area contributed by atoms with Crippen LogP contribution in [0.25, 0.3) is 21.8 Å². The summed E-state index contributed by atoms with van der Waals surface area (Å²) in [7, 11) is 0. The Morgan fingerprint density at radius 2 is 1.96 bits per heavy atom. The van der Waals surface area contributed by atoms with Gasteiger partial charge in [-0.2, -0.15) is 0 Å². The largest absolute Gasteiger partial charge is 0.338 e. The maximum absolute atomic E-state index is 4.91. The van der Waals surface area contributed by atoms with Crippen LogP contribution in [0.4, 0.5) is 5.95 Å². The van der Waals surface area contributed by atoms with E-state index in [2.05, 4.69) is 43.1 Å². The summed E-state index contributed by atoms with van der Waals surface area (Å²) in [4.78, 5) is 24.0. The summed E-state index contributed by atoms with van der Waals surface area (Å²) in [6.45, 7) is 7.34. The molecule has 25 heavy (non-hydrogen) atoms. The Bertz CT molecular complexity index is 813. The zero-order valence-electron chi connectivity index (χ0n) is 14.2. The van der Waals surface area contributed by atoms with E-state index in [0.29, 0.717) is 0 Å². The van der Waals surface area contributed by atoms with E-state index in [1.165, 1.54) is 0 Å². The topological polar surface area (TPSA) is 58.0 Å². The van der Waals surface area contributed by atoms with Crippen molar-refractivity contribution in [3.63, 3.8) is 0 Å². The van der Waals surface area contributed by atoms with Gasteiger partial charge in [-0.3, -0.25) is 9.97 Å². The zero-order valence-corrected chi connectivity index (χ0v) is 15.0. The third-order valence-corrected chi connectivity index (χ3v) is 5.35. The van der Waals surface area contributed by atoms with Crippen molar-refractivity contribution in [2.45, 2.75) is 6.92 Å². The highest BCUT2D eigenvalue weighted by Crippen LogP contribution is 2.32. The quantitative estimate of drug-likeness (QED) is 0.720. The molecule has 0 bridgehead atoms. The maximum atomic E-state index is 4.91. The number of thiophene rings is 1. The van der Waals surface area contributed by atoms with Crippen LogP contribution in [0, 0.1) is 0 Å². The lowest BCUT2D eigenvalue weighted by molar-refractivity contribution is 0.270. The summed E-state index contributed by atoms with van der Waals surface area (Å²) in [5.74, 6) is 0.798. The minimum atomic E-state index is 0.798. The van der Waals surface area contributed by atoms with E-state index in [4.69, 9.17) is 4.98 Å². The van der Waals surface area contributed by atoms with Crippen molar-refractivity contribution in [1.29, 1.82) is 0 Å². The van der Waals surface area contributed by atoms with Crippen molar-refractivity contribution in [2.24, 2.45) is 0 Å². The van der Waals surface area contributed by atoms with Crippen LogP contribution in [0.5, 0.6) is 0 Å². The van der Waals surface area contributed by atoms with Gasteiger partial charge in [-0.25, -0.2) is 9.97 Å². The van der Waals surface area contributed by atoms with Gasteiger partial charge in [0.15, 0.2) is 0 Å². The molecule has 0 saturated carbocycles. The highest BCUT2D eigenvalue weighted by Gasteiger charge is 2.20. The molecule has 4 heterocycles. The standard InChI is InChI=1S/C18H20N6S/c1-2-23-7-9-24(10-8-23)18-21-12-14(15-13-19-5-6-20-15)17(22-18)16-4-3-11-25-16/h3-6,11-13H,2,7-10H2,1H3. The Balaban J connectivity index is 1.71. The van der Waals surface area contributed by atoms with E-state index >= 15 is 0 Å². The summed E-state index contributed by atoms with van der Waals surface area (Å²) in [5, 5.41) is 2.07. The molecule has 3 aromatic rings. The van der Waals surface area contributed by atoms with Crippen LogP contribution in [0.3, 0.4) is 0 Å². The molecule has 0 radical (unpaired) electrons. The monoisotopic (exact) mass is 352 g/mol. The molecule has 3 aromatic heterocycles. The summed E-state index contributed by atoms with van der Waals surface area (Å²) in [6.07, 6.45) is 7.02. The first-order valence-electron chi connectivity index (χ1n) is 8.49. The van der Waals surface area contributed by atoms with Crippen LogP contribution >= 0.6 is 11.3 Å². The lowest BCUT2D eigenvalue weighted by Crippen LogP contribution is -2.46. The third kappa shape index (κ3) is 3.38. The number of rotatable bonds is 4. The molecule has 1 fully saturated rings. The molecule has 7 heteroatoms. The molecule has 0 spiro atoms. The van der Waals surface area contributed by atoms with E-state index in [1.54, 1.807) is 29.9 Å². The number of anilines is 1. The van der Waals surface area contributed by atoms with Crippen molar-refractivity contribution in [1.82, 2.24) is 24.8 Å². The molecule has 1 saturated heterocycles. The van der Waals surface area contributed by atoms with Crippen LogP contribution in [0.15, 0.2) is 42.3 Å². The summed E-state index contributed by atoms with van der Waals surface area (Å²) < 4.78 is 0. The van der Waals surface area contributed by atoms with Gasteiger partial charge < -0.3 is 9.80 Å². The molecule has 0 aliphatic carbocycles. The summed E-state index contributed by atoms with van der Waals surface area (Å²) in [5.41, 5.74) is 2.65. The molecule has 0 atom stereocenters. The molecule has 1 aliphatic rings. The van der Waals surface area contributed by atoms with E-state index in [0.717, 1.165) is 60.5 Å². The fraction of sp³-hybridized carbons (Fsp3) is 0.333. The van der Waals surface area contributed by atoms with Gasteiger partial charge in [0.1, 0.15) is 0 Å². The van der Waals surface area contributed by atoms with Gasteiger partial charge in [-0.15, -0.1) is 11.3 Å². The Labute approximate surface area is 151 Å². The second kappa shape index (κ2) is 7.25. The number of likely N-dealkylation sites (N-methyl/N-ethyl adjacent to an activating group) is 1. The molecule has 6 nitrogen and oxygen atoms in total. The highest BCUT2D eigenvalue weighted by molar-refractivity contribution is 7.13. The highest BCUT2D eigenvalue weighted by atomic mass is 32.1. The second-order valence-corrected chi connectivity index (χ2v) is 6.87. The molecule has 4 rings (SSSR count). The fourth-order valence-corrected chi connectivity index (χ4v) is 3.74. The Morgan fingerprint density at radius 1 is 1.08 bits per heavy atom. The average Bonchev–Trinajstić information content (AvgIpc) is 3.23. The third-order valence-electron chi connectivity index (χ3n) is 4.47. The van der Waals surface area contributed by atoms with Gasteiger partial charge in [0.05, 0.1) is 22.5 Å². The molecular formula is C18H20N6S. The van der Waals surface area contributed by atoms with Gasteiger partial charge in [0.2, 0.25) is 5.95 Å². The Morgan fingerprint density at radius 3 is 2.64 bits per heavy atom. The number of hydrogen-bond donors (Lipinski definition) is 0. The minimum absolute atomic E-state index is 0.798. The number of hydrogen-bond acceptors (Lipinski definition) is 7. The molecule has 0 aromatic carbocycles. The average molecular weight is 352 g/mol. The molecule has 0 N–H and O–H groups in total. The summed E-state index contributed by atoms with van der Waals surface area (Å²) in [6, 6.07) is 4.13. The van der Waals surface area contributed by atoms with E-state index in [-0.39, 0.29) is 0 Å². The predicted molar refractivity (Wildman–Crippen MR) is 101 cm³/mol. The molecule has 0 amide bonds. The number of piperazine rings is 1. The number of nitrogens with zero attached hydrogens (tertiary/aromatic N) is 6. The van der Waals surface area contributed by atoms with Gasteiger partial charge in [0, 0.05) is 50.3 Å². The normalized spacial score (nSPS) is 15.5.